The maximum absolute atomic E-state index is 4.43. The Labute approximate surface area is 141 Å². The normalized spacial score (nSPS) is 21.8. The van der Waals surface area contributed by atoms with E-state index >= 15 is 0 Å². The quantitative estimate of drug-likeness (QED) is 0.870. The lowest BCUT2D eigenvalue weighted by Crippen LogP contribution is -2.46. The lowest BCUT2D eigenvalue weighted by molar-refractivity contribution is 0.110. The van der Waals surface area contributed by atoms with Gasteiger partial charge in [-0.15, -0.1) is 0 Å². The number of piperidine rings is 2. The van der Waals surface area contributed by atoms with E-state index in [0.29, 0.717) is 0 Å². The van der Waals surface area contributed by atoms with E-state index in [-0.39, 0.29) is 0 Å². The fourth-order valence-electron chi connectivity index (χ4n) is 4.02. The first-order valence-electron chi connectivity index (χ1n) is 9.34. The van der Waals surface area contributed by atoms with Crippen molar-refractivity contribution in [2.24, 2.45) is 5.92 Å². The summed E-state index contributed by atoms with van der Waals surface area (Å²) in [5, 5.41) is 3.47. The van der Waals surface area contributed by atoms with Crippen molar-refractivity contribution in [1.82, 2.24) is 20.1 Å². The minimum Gasteiger partial charge on any atom is -0.317 e. The molecular weight excluding hydrogens is 284 g/mol. The lowest BCUT2D eigenvalue weighted by atomic mass is 9.95. The SMILES string of the molecule is CN(CC1CCNCC1)C1CCN(CCc2ccccn2)CC1. The number of nitrogens with one attached hydrogen (secondary N) is 1. The average molecular weight is 316 g/mol. The first-order chi connectivity index (χ1) is 11.3. The first-order valence-corrected chi connectivity index (χ1v) is 9.34. The Morgan fingerprint density at radius 2 is 1.96 bits per heavy atom. The molecule has 0 bridgehead atoms. The number of pyridine rings is 1. The van der Waals surface area contributed by atoms with Gasteiger partial charge in [0.25, 0.3) is 0 Å². The predicted molar refractivity (Wildman–Crippen MR) is 95.6 cm³/mol. The van der Waals surface area contributed by atoms with E-state index in [9.17, 15) is 0 Å². The second kappa shape index (κ2) is 8.76. The van der Waals surface area contributed by atoms with Gasteiger partial charge in [0.05, 0.1) is 0 Å². The fraction of sp³-hybridized carbons (Fsp3) is 0.737. The van der Waals surface area contributed by atoms with E-state index < -0.39 is 0 Å². The summed E-state index contributed by atoms with van der Waals surface area (Å²) in [5.41, 5.74) is 1.22. The number of aromatic nitrogens is 1. The van der Waals surface area contributed by atoms with Gasteiger partial charge in [-0.3, -0.25) is 4.98 Å². The zero-order chi connectivity index (χ0) is 15.9. The fourth-order valence-corrected chi connectivity index (χ4v) is 4.02. The molecule has 0 aromatic carbocycles. The van der Waals surface area contributed by atoms with Gasteiger partial charge in [0.15, 0.2) is 0 Å². The number of rotatable bonds is 6. The zero-order valence-corrected chi connectivity index (χ0v) is 14.6. The Morgan fingerprint density at radius 3 is 2.65 bits per heavy atom. The molecule has 1 aromatic heterocycles. The van der Waals surface area contributed by atoms with E-state index in [2.05, 4.69) is 39.3 Å². The maximum Gasteiger partial charge on any atom is 0.0416 e. The monoisotopic (exact) mass is 316 g/mol. The summed E-state index contributed by atoms with van der Waals surface area (Å²) >= 11 is 0. The van der Waals surface area contributed by atoms with Crippen LogP contribution in [0.2, 0.25) is 0 Å². The van der Waals surface area contributed by atoms with Crippen molar-refractivity contribution in [2.75, 3.05) is 46.3 Å². The molecule has 1 N–H and O–H groups in total. The van der Waals surface area contributed by atoms with Crippen LogP contribution in [0.15, 0.2) is 24.4 Å². The van der Waals surface area contributed by atoms with Gasteiger partial charge in [-0.1, -0.05) is 6.07 Å². The van der Waals surface area contributed by atoms with Crippen LogP contribution in [-0.4, -0.2) is 67.1 Å². The van der Waals surface area contributed by atoms with Crippen molar-refractivity contribution >= 4 is 0 Å². The summed E-state index contributed by atoms with van der Waals surface area (Å²) in [6.45, 7) is 7.36. The Bertz CT molecular complexity index is 436. The summed E-state index contributed by atoms with van der Waals surface area (Å²) < 4.78 is 0. The van der Waals surface area contributed by atoms with Crippen LogP contribution in [-0.2, 0) is 6.42 Å². The molecule has 128 valence electrons. The van der Waals surface area contributed by atoms with E-state index in [1.54, 1.807) is 0 Å². The highest BCUT2D eigenvalue weighted by Gasteiger charge is 2.24. The van der Waals surface area contributed by atoms with E-state index in [0.717, 1.165) is 24.9 Å². The molecule has 3 rings (SSSR count). The highest BCUT2D eigenvalue weighted by molar-refractivity contribution is 5.03. The van der Waals surface area contributed by atoms with E-state index in [1.807, 2.05) is 12.3 Å². The van der Waals surface area contributed by atoms with Crippen molar-refractivity contribution in [3.8, 4) is 0 Å². The Morgan fingerprint density at radius 1 is 1.17 bits per heavy atom. The van der Waals surface area contributed by atoms with Gasteiger partial charge in [-0.05, 0) is 77.0 Å². The smallest absolute Gasteiger partial charge is 0.0416 e. The molecule has 1 aromatic rings. The molecule has 2 fully saturated rings. The number of hydrogen-bond acceptors (Lipinski definition) is 4. The maximum atomic E-state index is 4.43. The topological polar surface area (TPSA) is 31.4 Å². The highest BCUT2D eigenvalue weighted by atomic mass is 15.2. The highest BCUT2D eigenvalue weighted by Crippen LogP contribution is 2.19. The number of nitrogens with zero attached hydrogens (tertiary/aromatic N) is 3. The summed E-state index contributed by atoms with van der Waals surface area (Å²) in [5.74, 6) is 0.906. The van der Waals surface area contributed by atoms with Crippen molar-refractivity contribution in [1.29, 1.82) is 0 Å². The Hall–Kier alpha value is -0.970. The van der Waals surface area contributed by atoms with Crippen LogP contribution in [0.25, 0.3) is 0 Å². The zero-order valence-electron chi connectivity index (χ0n) is 14.6. The molecule has 2 aliphatic heterocycles. The molecule has 2 saturated heterocycles. The van der Waals surface area contributed by atoms with Crippen LogP contribution < -0.4 is 5.32 Å². The minimum atomic E-state index is 0.788. The minimum absolute atomic E-state index is 0.788. The largest absolute Gasteiger partial charge is 0.317 e. The van der Waals surface area contributed by atoms with Gasteiger partial charge < -0.3 is 15.1 Å². The first kappa shape index (κ1) is 16.9. The summed E-state index contributed by atoms with van der Waals surface area (Å²) in [6.07, 6.45) is 8.33. The second-order valence-corrected chi connectivity index (χ2v) is 7.28. The summed E-state index contributed by atoms with van der Waals surface area (Å²) in [4.78, 5) is 9.69. The van der Waals surface area contributed by atoms with Crippen molar-refractivity contribution in [3.05, 3.63) is 30.1 Å². The van der Waals surface area contributed by atoms with E-state index in [1.165, 1.54) is 64.1 Å². The van der Waals surface area contributed by atoms with Crippen LogP contribution in [0, 0.1) is 5.92 Å². The summed E-state index contributed by atoms with van der Waals surface area (Å²) in [6, 6.07) is 7.01. The number of likely N-dealkylation sites (tertiary alicyclic amines) is 1. The third-order valence-corrected chi connectivity index (χ3v) is 5.60. The average Bonchev–Trinajstić information content (AvgIpc) is 2.62. The van der Waals surface area contributed by atoms with Gasteiger partial charge in [0, 0.05) is 37.4 Å². The molecular formula is C19H32N4. The Kier molecular flexibility index (Phi) is 6.43. The van der Waals surface area contributed by atoms with Gasteiger partial charge >= 0.3 is 0 Å². The third kappa shape index (κ3) is 5.27. The lowest BCUT2D eigenvalue weighted by Gasteiger charge is -2.38. The molecule has 0 amide bonds. The predicted octanol–water partition coefficient (Wildman–Crippen LogP) is 2.02. The molecule has 2 aliphatic rings. The summed E-state index contributed by atoms with van der Waals surface area (Å²) in [7, 11) is 2.34. The molecule has 0 unspecified atom stereocenters. The molecule has 0 radical (unpaired) electrons. The third-order valence-electron chi connectivity index (χ3n) is 5.60. The molecule has 0 saturated carbocycles. The van der Waals surface area contributed by atoms with Crippen LogP contribution >= 0.6 is 0 Å². The van der Waals surface area contributed by atoms with Crippen molar-refractivity contribution in [3.63, 3.8) is 0 Å². The molecule has 0 spiro atoms. The molecule has 4 heteroatoms. The molecule has 3 heterocycles. The van der Waals surface area contributed by atoms with Gasteiger partial charge in [0.1, 0.15) is 0 Å². The van der Waals surface area contributed by atoms with Crippen LogP contribution in [0.4, 0.5) is 0 Å². The van der Waals surface area contributed by atoms with Crippen LogP contribution in [0.1, 0.15) is 31.4 Å². The molecule has 0 aliphatic carbocycles. The van der Waals surface area contributed by atoms with Crippen LogP contribution in [0.5, 0.6) is 0 Å². The molecule has 4 nitrogen and oxygen atoms in total. The number of hydrogen-bond donors (Lipinski definition) is 1. The Balaban J connectivity index is 1.36. The molecule has 0 atom stereocenters. The van der Waals surface area contributed by atoms with Gasteiger partial charge in [0.2, 0.25) is 0 Å². The van der Waals surface area contributed by atoms with Crippen molar-refractivity contribution in [2.45, 2.75) is 38.1 Å². The van der Waals surface area contributed by atoms with Crippen molar-refractivity contribution < 1.29 is 0 Å². The molecule has 23 heavy (non-hydrogen) atoms. The van der Waals surface area contributed by atoms with Crippen LogP contribution in [0.3, 0.4) is 0 Å². The standard InChI is InChI=1S/C19H32N4/c1-22(16-17-5-11-20-12-6-17)19-8-14-23(15-9-19)13-7-18-4-2-3-10-21-18/h2-4,10,17,19-20H,5-9,11-16H2,1H3. The van der Waals surface area contributed by atoms with Gasteiger partial charge in [-0.25, -0.2) is 0 Å². The van der Waals surface area contributed by atoms with Gasteiger partial charge in [-0.2, -0.15) is 0 Å². The second-order valence-electron chi connectivity index (χ2n) is 7.28. The van der Waals surface area contributed by atoms with E-state index in [4.69, 9.17) is 0 Å².